The summed E-state index contributed by atoms with van der Waals surface area (Å²) in [6.45, 7) is 2.35. The zero-order valence-corrected chi connectivity index (χ0v) is 7.30. The molecule has 0 spiro atoms. The van der Waals surface area contributed by atoms with Crippen LogP contribution in [0.1, 0.15) is 19.8 Å². The molecule has 0 radical (unpaired) electrons. The minimum absolute atomic E-state index is 0.157. The summed E-state index contributed by atoms with van der Waals surface area (Å²) < 4.78 is 0. The Morgan fingerprint density at radius 1 is 1.64 bits per heavy atom. The minimum atomic E-state index is 0.157. The second-order valence-electron chi connectivity index (χ2n) is 3.31. The summed E-state index contributed by atoms with van der Waals surface area (Å²) in [6, 6.07) is 0. The van der Waals surface area contributed by atoms with E-state index in [4.69, 9.17) is 5.11 Å². The first-order chi connectivity index (χ1) is 5.25. The lowest BCUT2D eigenvalue weighted by atomic mass is 9.99. The van der Waals surface area contributed by atoms with Crippen LogP contribution in [0.3, 0.4) is 0 Å². The third-order valence-electron chi connectivity index (χ3n) is 2.69. The molecule has 2 nitrogen and oxygen atoms in total. The first-order valence-corrected chi connectivity index (χ1v) is 4.21. The van der Waals surface area contributed by atoms with E-state index in [1.54, 1.807) is 0 Å². The van der Waals surface area contributed by atoms with E-state index in [9.17, 15) is 0 Å². The van der Waals surface area contributed by atoms with Gasteiger partial charge >= 0.3 is 0 Å². The van der Waals surface area contributed by atoms with Crippen LogP contribution in [0.25, 0.3) is 0 Å². The van der Waals surface area contributed by atoms with Crippen molar-refractivity contribution in [3.05, 3.63) is 12.2 Å². The molecule has 0 amide bonds. The van der Waals surface area contributed by atoms with E-state index in [0.29, 0.717) is 11.5 Å². The van der Waals surface area contributed by atoms with E-state index in [-0.39, 0.29) is 6.61 Å². The smallest absolute Gasteiger partial charge is 0.0612 e. The molecular weight excluding hydrogens is 138 g/mol. The molecule has 0 aromatic carbocycles. The maximum atomic E-state index is 8.57. The molecule has 0 heterocycles. The van der Waals surface area contributed by atoms with E-state index in [2.05, 4.69) is 18.3 Å². The first-order valence-electron chi connectivity index (χ1n) is 4.21. The van der Waals surface area contributed by atoms with Gasteiger partial charge in [0.2, 0.25) is 0 Å². The van der Waals surface area contributed by atoms with Crippen LogP contribution < -0.4 is 5.32 Å². The van der Waals surface area contributed by atoms with Crippen molar-refractivity contribution in [3.63, 3.8) is 0 Å². The number of rotatable bonds is 4. The maximum absolute atomic E-state index is 8.57. The second-order valence-corrected chi connectivity index (χ2v) is 3.31. The Bertz CT molecular complexity index is 150. The molecule has 1 unspecified atom stereocenters. The van der Waals surface area contributed by atoms with Gasteiger partial charge in [-0.15, -0.1) is 0 Å². The molecule has 0 saturated heterocycles. The third-order valence-corrected chi connectivity index (χ3v) is 2.69. The van der Waals surface area contributed by atoms with Gasteiger partial charge in [-0.2, -0.15) is 0 Å². The molecule has 2 N–H and O–H groups in total. The molecule has 0 aliphatic heterocycles. The van der Waals surface area contributed by atoms with Gasteiger partial charge in [0.25, 0.3) is 0 Å². The zero-order valence-electron chi connectivity index (χ0n) is 7.30. The number of nitrogens with one attached hydrogen (secondary N) is 1. The van der Waals surface area contributed by atoms with Crippen LogP contribution in [0.15, 0.2) is 12.2 Å². The summed E-state index contributed by atoms with van der Waals surface area (Å²) in [4.78, 5) is 0. The van der Waals surface area contributed by atoms with Gasteiger partial charge in [0, 0.05) is 5.54 Å². The van der Waals surface area contributed by atoms with Crippen molar-refractivity contribution in [2.45, 2.75) is 25.3 Å². The van der Waals surface area contributed by atoms with E-state index in [1.807, 2.05) is 13.1 Å². The minimum Gasteiger partial charge on any atom is -0.392 e. The second kappa shape index (κ2) is 3.37. The molecule has 1 rings (SSSR count). The van der Waals surface area contributed by atoms with Gasteiger partial charge in [-0.25, -0.2) is 0 Å². The van der Waals surface area contributed by atoms with Crippen molar-refractivity contribution in [1.29, 1.82) is 0 Å². The maximum Gasteiger partial charge on any atom is 0.0612 e. The predicted octanol–water partition coefficient (Wildman–Crippen LogP) is 0.923. The van der Waals surface area contributed by atoms with Gasteiger partial charge < -0.3 is 10.4 Å². The van der Waals surface area contributed by atoms with Crippen molar-refractivity contribution < 1.29 is 5.11 Å². The van der Waals surface area contributed by atoms with Crippen molar-refractivity contribution >= 4 is 0 Å². The Morgan fingerprint density at radius 2 is 2.27 bits per heavy atom. The standard InChI is InChI=1S/C9H17NO/c1-8(4-3-7-11)9(10-2)5-6-9/h3-4,8,10-11H,5-7H2,1-2H3/b4-3+. The third kappa shape index (κ3) is 1.82. The fourth-order valence-electron chi connectivity index (χ4n) is 1.52. The quantitative estimate of drug-likeness (QED) is 0.592. The molecule has 1 atom stereocenters. The number of hydrogen-bond acceptors (Lipinski definition) is 2. The van der Waals surface area contributed by atoms with Crippen LogP contribution in [-0.4, -0.2) is 24.3 Å². The van der Waals surface area contributed by atoms with Crippen LogP contribution in [0.4, 0.5) is 0 Å². The summed E-state index contributed by atoms with van der Waals surface area (Å²) in [7, 11) is 2.01. The Morgan fingerprint density at radius 3 is 2.64 bits per heavy atom. The molecular formula is C9H17NO. The highest BCUT2D eigenvalue weighted by Gasteiger charge is 2.44. The van der Waals surface area contributed by atoms with Gasteiger partial charge in [-0.3, -0.25) is 0 Å². The van der Waals surface area contributed by atoms with Crippen molar-refractivity contribution in [1.82, 2.24) is 5.32 Å². The lowest BCUT2D eigenvalue weighted by Crippen LogP contribution is -2.33. The SMILES string of the molecule is CNC1(C(C)/C=C/CO)CC1. The molecule has 0 bridgehead atoms. The Kier molecular flexibility index (Phi) is 2.68. The Labute approximate surface area is 68.3 Å². The zero-order chi connectivity index (χ0) is 8.32. The van der Waals surface area contributed by atoms with Crippen LogP contribution >= 0.6 is 0 Å². The molecule has 0 aromatic heterocycles. The Balaban J connectivity index is 2.40. The van der Waals surface area contributed by atoms with Gasteiger partial charge in [0.05, 0.1) is 6.61 Å². The monoisotopic (exact) mass is 155 g/mol. The summed E-state index contributed by atoms with van der Waals surface area (Å²) in [5.74, 6) is 0.541. The van der Waals surface area contributed by atoms with E-state index < -0.39 is 0 Å². The summed E-state index contributed by atoms with van der Waals surface area (Å²) in [5.41, 5.74) is 0.353. The summed E-state index contributed by atoms with van der Waals surface area (Å²) >= 11 is 0. The van der Waals surface area contributed by atoms with E-state index >= 15 is 0 Å². The Hall–Kier alpha value is -0.340. The molecule has 1 aliphatic carbocycles. The highest BCUT2D eigenvalue weighted by atomic mass is 16.2. The van der Waals surface area contributed by atoms with Gasteiger partial charge in [-0.05, 0) is 25.8 Å². The lowest BCUT2D eigenvalue weighted by Gasteiger charge is -2.19. The number of aliphatic hydroxyl groups excluding tert-OH is 1. The fourth-order valence-corrected chi connectivity index (χ4v) is 1.52. The molecule has 1 aliphatic rings. The molecule has 64 valence electrons. The van der Waals surface area contributed by atoms with E-state index in [0.717, 1.165) is 0 Å². The molecule has 1 fully saturated rings. The van der Waals surface area contributed by atoms with Gasteiger partial charge in [-0.1, -0.05) is 19.1 Å². The number of hydrogen-bond donors (Lipinski definition) is 2. The summed E-state index contributed by atoms with van der Waals surface area (Å²) in [6.07, 6.45) is 6.44. The average Bonchev–Trinajstić information content (AvgIpc) is 2.80. The predicted molar refractivity (Wildman–Crippen MR) is 46.4 cm³/mol. The average molecular weight is 155 g/mol. The normalized spacial score (nSPS) is 23.9. The van der Waals surface area contributed by atoms with Crippen molar-refractivity contribution in [2.75, 3.05) is 13.7 Å². The van der Waals surface area contributed by atoms with Crippen LogP contribution in [0, 0.1) is 5.92 Å². The highest BCUT2D eigenvalue weighted by molar-refractivity contribution is 5.10. The lowest BCUT2D eigenvalue weighted by molar-refractivity contribution is 0.340. The largest absolute Gasteiger partial charge is 0.392 e. The highest BCUT2D eigenvalue weighted by Crippen LogP contribution is 2.42. The topological polar surface area (TPSA) is 32.3 Å². The number of aliphatic hydroxyl groups is 1. The van der Waals surface area contributed by atoms with Crippen LogP contribution in [-0.2, 0) is 0 Å². The molecule has 0 aromatic rings. The summed E-state index contributed by atoms with van der Waals surface area (Å²) in [5, 5.41) is 11.9. The molecule has 1 saturated carbocycles. The molecule has 2 heteroatoms. The van der Waals surface area contributed by atoms with Gasteiger partial charge in [0.15, 0.2) is 0 Å². The van der Waals surface area contributed by atoms with Gasteiger partial charge in [0.1, 0.15) is 0 Å². The first kappa shape index (κ1) is 8.75. The van der Waals surface area contributed by atoms with Crippen molar-refractivity contribution in [2.24, 2.45) is 5.92 Å². The van der Waals surface area contributed by atoms with Crippen LogP contribution in [0.5, 0.6) is 0 Å². The van der Waals surface area contributed by atoms with Crippen LogP contribution in [0.2, 0.25) is 0 Å². The van der Waals surface area contributed by atoms with Crippen molar-refractivity contribution in [3.8, 4) is 0 Å². The fraction of sp³-hybridized carbons (Fsp3) is 0.778. The molecule has 11 heavy (non-hydrogen) atoms. The van der Waals surface area contributed by atoms with E-state index in [1.165, 1.54) is 12.8 Å².